The predicted octanol–water partition coefficient (Wildman–Crippen LogP) is 2.18. The Labute approximate surface area is 155 Å². The van der Waals surface area contributed by atoms with Gasteiger partial charge in [-0.2, -0.15) is 0 Å². The lowest BCUT2D eigenvalue weighted by Crippen LogP contribution is -2.35. The van der Waals surface area contributed by atoms with Gasteiger partial charge in [0.15, 0.2) is 0 Å². The first-order valence-corrected chi connectivity index (χ1v) is 9.47. The van der Waals surface area contributed by atoms with Crippen molar-refractivity contribution in [1.82, 2.24) is 20.3 Å². The van der Waals surface area contributed by atoms with E-state index in [0.29, 0.717) is 6.54 Å². The summed E-state index contributed by atoms with van der Waals surface area (Å²) < 4.78 is 0. The molecule has 2 aromatic rings. The van der Waals surface area contributed by atoms with Crippen LogP contribution in [-0.4, -0.2) is 40.5 Å². The van der Waals surface area contributed by atoms with E-state index in [2.05, 4.69) is 34.0 Å². The van der Waals surface area contributed by atoms with Crippen LogP contribution in [0.25, 0.3) is 0 Å². The SMILES string of the molecule is CCN(CC)c1ncc2c(n1)CCC(C(=O)NCCc1cccnc1)C2. The molecule has 2 aromatic heterocycles. The van der Waals surface area contributed by atoms with E-state index in [1.807, 2.05) is 24.5 Å². The first-order valence-electron chi connectivity index (χ1n) is 9.47. The van der Waals surface area contributed by atoms with E-state index in [-0.39, 0.29) is 11.8 Å². The van der Waals surface area contributed by atoms with Gasteiger partial charge in [-0.15, -0.1) is 0 Å². The van der Waals surface area contributed by atoms with E-state index >= 15 is 0 Å². The summed E-state index contributed by atoms with van der Waals surface area (Å²) in [5.41, 5.74) is 3.35. The second kappa shape index (κ2) is 8.74. The predicted molar refractivity (Wildman–Crippen MR) is 102 cm³/mol. The van der Waals surface area contributed by atoms with Crippen molar-refractivity contribution in [3.8, 4) is 0 Å². The average Bonchev–Trinajstić information content (AvgIpc) is 2.69. The average molecular weight is 353 g/mol. The normalized spacial score (nSPS) is 16.0. The highest BCUT2D eigenvalue weighted by Crippen LogP contribution is 2.25. The van der Waals surface area contributed by atoms with Crippen molar-refractivity contribution in [3.63, 3.8) is 0 Å². The van der Waals surface area contributed by atoms with E-state index in [1.165, 1.54) is 0 Å². The third-order valence-corrected chi connectivity index (χ3v) is 4.99. The Bertz CT molecular complexity index is 730. The minimum atomic E-state index is 0.0132. The second-order valence-electron chi connectivity index (χ2n) is 6.66. The number of carbonyl (C=O) groups excluding carboxylic acids is 1. The summed E-state index contributed by atoms with van der Waals surface area (Å²) in [6.07, 6.45) is 8.73. The zero-order valence-electron chi connectivity index (χ0n) is 15.6. The molecule has 2 heterocycles. The summed E-state index contributed by atoms with van der Waals surface area (Å²) >= 11 is 0. The maximum absolute atomic E-state index is 12.5. The van der Waals surface area contributed by atoms with Gasteiger partial charge in [-0.05, 0) is 56.7 Å². The van der Waals surface area contributed by atoms with Gasteiger partial charge in [0, 0.05) is 49.8 Å². The minimum Gasteiger partial charge on any atom is -0.356 e. The molecule has 1 atom stereocenters. The lowest BCUT2D eigenvalue weighted by Gasteiger charge is -2.25. The van der Waals surface area contributed by atoms with Crippen LogP contribution in [-0.2, 0) is 24.1 Å². The van der Waals surface area contributed by atoms with Gasteiger partial charge in [0.1, 0.15) is 0 Å². The van der Waals surface area contributed by atoms with Gasteiger partial charge < -0.3 is 10.2 Å². The minimum absolute atomic E-state index is 0.0132. The molecule has 0 radical (unpaired) electrons. The maximum atomic E-state index is 12.5. The Morgan fingerprint density at radius 2 is 2.15 bits per heavy atom. The van der Waals surface area contributed by atoms with Gasteiger partial charge in [-0.3, -0.25) is 9.78 Å². The number of carbonyl (C=O) groups is 1. The second-order valence-corrected chi connectivity index (χ2v) is 6.66. The molecular weight excluding hydrogens is 326 g/mol. The van der Waals surface area contributed by atoms with Crippen molar-refractivity contribution in [2.45, 2.75) is 39.5 Å². The van der Waals surface area contributed by atoms with Crippen LogP contribution in [0.5, 0.6) is 0 Å². The molecular formula is C20H27N5O. The monoisotopic (exact) mass is 353 g/mol. The van der Waals surface area contributed by atoms with E-state index < -0.39 is 0 Å². The number of nitrogens with zero attached hydrogens (tertiary/aromatic N) is 4. The van der Waals surface area contributed by atoms with Gasteiger partial charge in [-0.25, -0.2) is 9.97 Å². The number of rotatable bonds is 7. The summed E-state index contributed by atoms with van der Waals surface area (Å²) in [5, 5.41) is 3.06. The molecule has 1 N–H and O–H groups in total. The molecule has 6 nitrogen and oxygen atoms in total. The van der Waals surface area contributed by atoms with Crippen LogP contribution in [0, 0.1) is 5.92 Å². The van der Waals surface area contributed by atoms with Crippen LogP contribution in [0.1, 0.15) is 37.1 Å². The highest BCUT2D eigenvalue weighted by molar-refractivity contribution is 5.79. The Kier molecular flexibility index (Phi) is 6.15. The molecule has 3 rings (SSSR count). The summed E-state index contributed by atoms with van der Waals surface area (Å²) in [6.45, 7) is 6.66. The summed E-state index contributed by atoms with van der Waals surface area (Å²) in [7, 11) is 0. The third-order valence-electron chi connectivity index (χ3n) is 4.99. The van der Waals surface area contributed by atoms with Crippen LogP contribution in [0.15, 0.2) is 30.7 Å². The maximum Gasteiger partial charge on any atom is 0.225 e. The Morgan fingerprint density at radius 3 is 2.88 bits per heavy atom. The van der Waals surface area contributed by atoms with Crippen LogP contribution in [0.4, 0.5) is 5.95 Å². The number of anilines is 1. The summed E-state index contributed by atoms with van der Waals surface area (Å²) in [5.74, 6) is 0.944. The van der Waals surface area contributed by atoms with Crippen molar-refractivity contribution in [2.75, 3.05) is 24.5 Å². The molecule has 1 amide bonds. The molecule has 1 unspecified atom stereocenters. The number of aromatic nitrogens is 3. The van der Waals surface area contributed by atoms with Crippen molar-refractivity contribution in [1.29, 1.82) is 0 Å². The van der Waals surface area contributed by atoms with Gasteiger partial charge in [0.05, 0.1) is 0 Å². The molecule has 0 aromatic carbocycles. The lowest BCUT2D eigenvalue weighted by atomic mass is 9.86. The van der Waals surface area contributed by atoms with Gasteiger partial charge in [-0.1, -0.05) is 6.07 Å². The molecule has 6 heteroatoms. The first-order chi connectivity index (χ1) is 12.7. The molecule has 0 aliphatic heterocycles. The molecule has 1 aliphatic carbocycles. The van der Waals surface area contributed by atoms with Crippen LogP contribution >= 0.6 is 0 Å². The standard InChI is InChI=1S/C20H27N5O/c1-3-25(4-2)20-23-14-17-12-16(7-8-18(17)24-20)19(26)22-11-9-15-6-5-10-21-13-15/h5-6,10,13-14,16H,3-4,7-9,11-12H2,1-2H3,(H,22,26). The van der Waals surface area contributed by atoms with E-state index in [9.17, 15) is 4.79 Å². The van der Waals surface area contributed by atoms with Crippen molar-refractivity contribution >= 4 is 11.9 Å². The molecule has 0 saturated heterocycles. The van der Waals surface area contributed by atoms with Crippen molar-refractivity contribution in [3.05, 3.63) is 47.5 Å². The highest BCUT2D eigenvalue weighted by atomic mass is 16.1. The fourth-order valence-electron chi connectivity index (χ4n) is 3.40. The number of amides is 1. The van der Waals surface area contributed by atoms with Crippen molar-refractivity contribution in [2.24, 2.45) is 5.92 Å². The Hall–Kier alpha value is -2.50. The molecule has 138 valence electrons. The molecule has 0 spiro atoms. The molecule has 0 saturated carbocycles. The Morgan fingerprint density at radius 1 is 1.31 bits per heavy atom. The highest BCUT2D eigenvalue weighted by Gasteiger charge is 2.26. The van der Waals surface area contributed by atoms with Crippen molar-refractivity contribution < 1.29 is 4.79 Å². The quantitative estimate of drug-likeness (QED) is 0.826. The van der Waals surface area contributed by atoms with Crippen LogP contribution in [0.2, 0.25) is 0 Å². The number of pyridine rings is 1. The molecule has 0 bridgehead atoms. The van der Waals surface area contributed by atoms with Crippen LogP contribution < -0.4 is 10.2 Å². The molecule has 1 aliphatic rings. The largest absolute Gasteiger partial charge is 0.356 e. The zero-order chi connectivity index (χ0) is 18.4. The third kappa shape index (κ3) is 4.36. The van der Waals surface area contributed by atoms with Gasteiger partial charge in [0.25, 0.3) is 0 Å². The summed E-state index contributed by atoms with van der Waals surface area (Å²) in [4.78, 5) is 28.0. The lowest BCUT2D eigenvalue weighted by molar-refractivity contribution is -0.125. The Balaban J connectivity index is 1.55. The summed E-state index contributed by atoms with van der Waals surface area (Å²) in [6, 6.07) is 3.95. The number of fused-ring (bicyclic) bond motifs is 1. The fourth-order valence-corrected chi connectivity index (χ4v) is 3.40. The number of hydrogen-bond donors (Lipinski definition) is 1. The number of aryl methyl sites for hydroxylation is 1. The number of nitrogens with one attached hydrogen (secondary N) is 1. The van der Waals surface area contributed by atoms with Crippen LogP contribution in [0.3, 0.4) is 0 Å². The van der Waals surface area contributed by atoms with Gasteiger partial charge in [0.2, 0.25) is 11.9 Å². The fraction of sp³-hybridized carbons (Fsp3) is 0.500. The van der Waals surface area contributed by atoms with E-state index in [4.69, 9.17) is 4.98 Å². The molecule has 26 heavy (non-hydrogen) atoms. The topological polar surface area (TPSA) is 71.0 Å². The molecule has 0 fully saturated rings. The zero-order valence-corrected chi connectivity index (χ0v) is 15.6. The number of hydrogen-bond acceptors (Lipinski definition) is 5. The first kappa shape index (κ1) is 18.3. The van der Waals surface area contributed by atoms with E-state index in [0.717, 1.165) is 61.5 Å². The van der Waals surface area contributed by atoms with Gasteiger partial charge >= 0.3 is 0 Å². The smallest absolute Gasteiger partial charge is 0.225 e. The van der Waals surface area contributed by atoms with E-state index in [1.54, 1.807) is 6.20 Å².